The number of nitrogens with one attached hydrogen (secondary N) is 3. The highest BCUT2D eigenvalue weighted by molar-refractivity contribution is 6.03. The molecule has 1 amide bonds. The van der Waals surface area contributed by atoms with Gasteiger partial charge in [0, 0.05) is 36.1 Å². The monoisotopic (exact) mass is 402 g/mol. The average Bonchev–Trinajstić information content (AvgIpc) is 3.03. The van der Waals surface area contributed by atoms with Crippen molar-refractivity contribution in [1.82, 2.24) is 15.6 Å². The van der Waals surface area contributed by atoms with Crippen LogP contribution in [0, 0.1) is 6.92 Å². The number of allylic oxidation sites excluding steroid dienone is 4. The van der Waals surface area contributed by atoms with Crippen LogP contribution in [0.3, 0.4) is 0 Å². The van der Waals surface area contributed by atoms with Crippen molar-refractivity contribution in [3.63, 3.8) is 0 Å². The molecule has 7 nitrogen and oxygen atoms in total. The number of amides is 1. The van der Waals surface area contributed by atoms with Crippen LogP contribution in [0.15, 0.2) is 47.5 Å². The van der Waals surface area contributed by atoms with Gasteiger partial charge < -0.3 is 25.1 Å². The summed E-state index contributed by atoms with van der Waals surface area (Å²) in [6.07, 6.45) is 7.64. The van der Waals surface area contributed by atoms with Crippen LogP contribution in [0.2, 0.25) is 0 Å². The lowest BCUT2D eigenvalue weighted by atomic mass is 10.0. The van der Waals surface area contributed by atoms with Crippen molar-refractivity contribution in [3.8, 4) is 0 Å². The number of carbonyl (C=O) groups excluding carboxylic acids is 1. The smallest absolute Gasteiger partial charge is 0.255 e. The van der Waals surface area contributed by atoms with Crippen molar-refractivity contribution >= 4 is 17.3 Å². The Morgan fingerprint density at radius 2 is 2.03 bits per heavy atom. The molecule has 1 rings (SSSR count). The Morgan fingerprint density at radius 1 is 1.34 bits per heavy atom. The van der Waals surface area contributed by atoms with Crippen LogP contribution in [0.25, 0.3) is 0 Å². The molecule has 1 aromatic heterocycles. The Balaban J connectivity index is 3.08. The van der Waals surface area contributed by atoms with Crippen molar-refractivity contribution in [1.29, 1.82) is 0 Å². The van der Waals surface area contributed by atoms with Crippen molar-refractivity contribution in [2.75, 3.05) is 27.8 Å². The lowest BCUT2D eigenvalue weighted by Gasteiger charge is -2.25. The Morgan fingerprint density at radius 3 is 2.59 bits per heavy atom. The van der Waals surface area contributed by atoms with Crippen LogP contribution in [-0.2, 0) is 9.47 Å². The summed E-state index contributed by atoms with van der Waals surface area (Å²) in [7, 11) is 5.04. The van der Waals surface area contributed by atoms with Crippen LogP contribution in [0.1, 0.15) is 43.2 Å². The minimum absolute atomic E-state index is 0.173. The first-order valence-corrected chi connectivity index (χ1v) is 9.49. The minimum Gasteiger partial charge on any atom is -0.498 e. The topological polar surface area (TPSA) is 87.7 Å². The number of methoxy groups -OCH3 is 2. The zero-order valence-electron chi connectivity index (χ0n) is 18.6. The Labute approximate surface area is 174 Å². The molecule has 0 aliphatic rings. The molecule has 0 unspecified atom stereocenters. The van der Waals surface area contributed by atoms with Crippen LogP contribution < -0.4 is 10.6 Å². The Hall–Kier alpha value is -2.80. The molecule has 29 heavy (non-hydrogen) atoms. The number of nitrogens with zero attached hydrogens (tertiary/aromatic N) is 1. The molecule has 1 heterocycles. The molecule has 160 valence electrons. The van der Waals surface area contributed by atoms with Gasteiger partial charge in [0.2, 0.25) is 0 Å². The van der Waals surface area contributed by atoms with E-state index in [0.717, 1.165) is 11.4 Å². The molecule has 0 atom stereocenters. The van der Waals surface area contributed by atoms with Crippen LogP contribution in [0.4, 0.5) is 5.69 Å². The van der Waals surface area contributed by atoms with Gasteiger partial charge in [-0.1, -0.05) is 12.7 Å². The van der Waals surface area contributed by atoms with Crippen molar-refractivity contribution in [2.45, 2.75) is 39.7 Å². The third-order valence-corrected chi connectivity index (χ3v) is 4.32. The number of aromatic nitrogens is 1. The molecule has 0 saturated heterocycles. The molecule has 0 bridgehead atoms. The summed E-state index contributed by atoms with van der Waals surface area (Å²) in [5, 5.41) is 6.12. The van der Waals surface area contributed by atoms with Crippen molar-refractivity contribution < 1.29 is 14.3 Å². The van der Waals surface area contributed by atoms with E-state index in [9.17, 15) is 4.79 Å². The number of carbonyl (C=O) groups is 1. The van der Waals surface area contributed by atoms with Gasteiger partial charge in [0.1, 0.15) is 5.76 Å². The summed E-state index contributed by atoms with van der Waals surface area (Å²) in [6.45, 7) is 12.1. The molecule has 0 fully saturated rings. The summed E-state index contributed by atoms with van der Waals surface area (Å²) < 4.78 is 10.5. The first-order valence-electron chi connectivity index (χ1n) is 9.49. The van der Waals surface area contributed by atoms with Gasteiger partial charge in [-0.15, -0.1) is 0 Å². The van der Waals surface area contributed by atoms with E-state index < -0.39 is 0 Å². The van der Waals surface area contributed by atoms with Gasteiger partial charge in [-0.05, 0) is 46.9 Å². The lowest BCUT2D eigenvalue weighted by Crippen LogP contribution is -2.49. The standard InChI is InChI=1S/C22H34N4O3/c1-9-17(11-10-12-19(29-8)16(3)28-7)25-20-15(2)24-13-18(20)21(27)26-22(4,5)14-23-6/h9-10,12-13,23-24H,1,11,14H2,2-8H3,(H,26,27)/b12-10-,19-16-,25-17?. The van der Waals surface area contributed by atoms with E-state index in [0.29, 0.717) is 35.7 Å². The number of likely N-dealkylation sites (N-methyl/N-ethyl adjacent to an activating group) is 1. The fraction of sp³-hybridized carbons (Fsp3) is 0.455. The normalized spacial score (nSPS) is 13.3. The lowest BCUT2D eigenvalue weighted by molar-refractivity contribution is 0.0914. The number of hydrogen-bond donors (Lipinski definition) is 3. The molecular formula is C22H34N4O3. The third kappa shape index (κ3) is 7.27. The minimum atomic E-state index is -0.385. The van der Waals surface area contributed by atoms with Crippen molar-refractivity contribution in [3.05, 3.63) is 53.8 Å². The van der Waals surface area contributed by atoms with Gasteiger partial charge in [0.25, 0.3) is 5.91 Å². The maximum atomic E-state index is 12.8. The van der Waals surface area contributed by atoms with E-state index in [4.69, 9.17) is 9.47 Å². The van der Waals surface area contributed by atoms with E-state index in [-0.39, 0.29) is 11.4 Å². The van der Waals surface area contributed by atoms with Gasteiger partial charge in [0.15, 0.2) is 5.76 Å². The van der Waals surface area contributed by atoms with Crippen LogP contribution in [0.5, 0.6) is 0 Å². The summed E-state index contributed by atoms with van der Waals surface area (Å²) in [5.41, 5.74) is 2.28. The summed E-state index contributed by atoms with van der Waals surface area (Å²) in [4.78, 5) is 20.5. The predicted molar refractivity (Wildman–Crippen MR) is 119 cm³/mol. The van der Waals surface area contributed by atoms with Crippen LogP contribution in [-0.4, -0.2) is 50.0 Å². The molecule has 1 aromatic rings. The van der Waals surface area contributed by atoms with E-state index in [2.05, 4.69) is 27.2 Å². The maximum absolute atomic E-state index is 12.8. The van der Waals surface area contributed by atoms with E-state index >= 15 is 0 Å². The number of aliphatic imine (C=N–C) groups is 1. The summed E-state index contributed by atoms with van der Waals surface area (Å²) in [5.74, 6) is 1.15. The highest BCUT2D eigenvalue weighted by atomic mass is 16.5. The second-order valence-corrected chi connectivity index (χ2v) is 7.29. The number of aryl methyl sites for hydroxylation is 1. The summed E-state index contributed by atoms with van der Waals surface area (Å²) >= 11 is 0. The number of ether oxygens (including phenoxy) is 2. The Bertz CT molecular complexity index is 801. The number of H-pyrrole nitrogens is 1. The van der Waals surface area contributed by atoms with E-state index in [1.165, 1.54) is 0 Å². The molecule has 0 radical (unpaired) electrons. The SMILES string of the molecule is C=CC(C/C=C\C(OC)=C(/C)OC)=Nc1c(C(=O)NC(C)(C)CNC)c[nH]c1C. The number of aromatic amines is 1. The molecule has 0 aromatic carbocycles. The molecule has 0 saturated carbocycles. The van der Waals surface area contributed by atoms with Crippen molar-refractivity contribution in [2.24, 2.45) is 4.99 Å². The van der Waals surface area contributed by atoms with Gasteiger partial charge in [0.05, 0.1) is 25.5 Å². The van der Waals surface area contributed by atoms with E-state index in [1.807, 2.05) is 46.9 Å². The third-order valence-electron chi connectivity index (χ3n) is 4.32. The fourth-order valence-corrected chi connectivity index (χ4v) is 2.73. The first-order chi connectivity index (χ1) is 13.7. The molecular weight excluding hydrogens is 368 g/mol. The Kier molecular flexibility index (Phi) is 9.41. The maximum Gasteiger partial charge on any atom is 0.255 e. The predicted octanol–water partition coefficient (Wildman–Crippen LogP) is 3.78. The highest BCUT2D eigenvalue weighted by Crippen LogP contribution is 2.25. The van der Waals surface area contributed by atoms with Gasteiger partial charge >= 0.3 is 0 Å². The number of rotatable bonds is 11. The van der Waals surface area contributed by atoms with Gasteiger partial charge in [-0.3, -0.25) is 9.79 Å². The number of hydrogen-bond acceptors (Lipinski definition) is 5. The quantitative estimate of drug-likeness (QED) is 0.299. The molecule has 0 aliphatic carbocycles. The second-order valence-electron chi connectivity index (χ2n) is 7.29. The molecule has 3 N–H and O–H groups in total. The second kappa shape index (κ2) is 11.3. The first kappa shape index (κ1) is 24.2. The fourth-order valence-electron chi connectivity index (χ4n) is 2.73. The van der Waals surface area contributed by atoms with Gasteiger partial charge in [-0.2, -0.15) is 0 Å². The van der Waals surface area contributed by atoms with E-state index in [1.54, 1.807) is 26.5 Å². The molecule has 0 aliphatic heterocycles. The highest BCUT2D eigenvalue weighted by Gasteiger charge is 2.23. The van der Waals surface area contributed by atoms with Gasteiger partial charge in [-0.25, -0.2) is 0 Å². The zero-order chi connectivity index (χ0) is 22.0. The molecule has 0 spiro atoms. The molecule has 7 heteroatoms. The summed E-state index contributed by atoms with van der Waals surface area (Å²) in [6, 6.07) is 0. The van der Waals surface area contributed by atoms with Crippen LogP contribution >= 0.6 is 0 Å². The zero-order valence-corrected chi connectivity index (χ0v) is 18.6. The largest absolute Gasteiger partial charge is 0.498 e. The average molecular weight is 403 g/mol.